The van der Waals surface area contributed by atoms with Gasteiger partial charge < -0.3 is 24.1 Å². The Bertz CT molecular complexity index is 528. The Kier molecular flexibility index (Phi) is 5.58. The molecule has 0 radical (unpaired) electrons. The number of rotatable bonds is 6. The van der Waals surface area contributed by atoms with Gasteiger partial charge in [-0.1, -0.05) is 11.6 Å². The molecule has 1 saturated heterocycles. The van der Waals surface area contributed by atoms with Crippen molar-refractivity contribution < 1.29 is 24.1 Å². The Labute approximate surface area is 131 Å². The van der Waals surface area contributed by atoms with E-state index in [1.165, 1.54) is 0 Å². The number of benzene rings is 1. The summed E-state index contributed by atoms with van der Waals surface area (Å²) < 4.78 is 21.8. The van der Waals surface area contributed by atoms with E-state index >= 15 is 0 Å². The lowest BCUT2D eigenvalue weighted by Crippen LogP contribution is -2.22. The van der Waals surface area contributed by atoms with Crippen molar-refractivity contribution in [1.29, 1.82) is 0 Å². The standard InChI is InChI=1S/C17H24O5/c1-12(2)9-15(18)14-10-13(17(3)21-7-8-22-17)5-6-16(14)20-11-19-4/h5-6,9-10,15,18H,7-8,11H2,1-4H3. The van der Waals surface area contributed by atoms with Crippen LogP contribution in [0.25, 0.3) is 0 Å². The third-order valence-corrected chi connectivity index (χ3v) is 3.51. The van der Waals surface area contributed by atoms with E-state index in [4.69, 9.17) is 18.9 Å². The van der Waals surface area contributed by atoms with Gasteiger partial charge in [0.15, 0.2) is 12.6 Å². The number of allylic oxidation sites excluding steroid dienone is 1. The van der Waals surface area contributed by atoms with E-state index in [9.17, 15) is 5.11 Å². The van der Waals surface area contributed by atoms with E-state index in [1.807, 2.05) is 39.0 Å². The van der Waals surface area contributed by atoms with Gasteiger partial charge in [0.05, 0.1) is 13.2 Å². The molecule has 1 fully saturated rings. The fourth-order valence-electron chi connectivity index (χ4n) is 2.40. The fourth-order valence-corrected chi connectivity index (χ4v) is 2.40. The van der Waals surface area contributed by atoms with E-state index in [2.05, 4.69) is 0 Å². The first-order valence-electron chi connectivity index (χ1n) is 7.33. The van der Waals surface area contributed by atoms with Gasteiger partial charge in [0.2, 0.25) is 0 Å². The highest BCUT2D eigenvalue weighted by Crippen LogP contribution is 2.36. The monoisotopic (exact) mass is 308 g/mol. The molecule has 0 aliphatic carbocycles. The highest BCUT2D eigenvalue weighted by Gasteiger charge is 2.34. The minimum Gasteiger partial charge on any atom is -0.467 e. The van der Waals surface area contributed by atoms with E-state index < -0.39 is 11.9 Å². The lowest BCUT2D eigenvalue weighted by atomic mass is 9.99. The number of aliphatic hydroxyl groups is 1. The average molecular weight is 308 g/mol. The number of methoxy groups -OCH3 is 1. The van der Waals surface area contributed by atoms with Gasteiger partial charge in [0.1, 0.15) is 11.9 Å². The number of ether oxygens (including phenoxy) is 4. The Morgan fingerprint density at radius 3 is 2.64 bits per heavy atom. The molecule has 5 nitrogen and oxygen atoms in total. The van der Waals surface area contributed by atoms with Crippen LogP contribution in [0.2, 0.25) is 0 Å². The van der Waals surface area contributed by atoms with Crippen LogP contribution in [0.4, 0.5) is 0 Å². The van der Waals surface area contributed by atoms with Gasteiger partial charge in [0, 0.05) is 18.2 Å². The van der Waals surface area contributed by atoms with E-state index in [0.29, 0.717) is 24.5 Å². The zero-order valence-corrected chi connectivity index (χ0v) is 13.6. The number of hydrogen-bond acceptors (Lipinski definition) is 5. The summed E-state index contributed by atoms with van der Waals surface area (Å²) in [5.41, 5.74) is 2.54. The molecule has 1 aliphatic rings. The summed E-state index contributed by atoms with van der Waals surface area (Å²) in [6.45, 7) is 7.00. The summed E-state index contributed by atoms with van der Waals surface area (Å²) in [6, 6.07) is 5.55. The molecule has 1 N–H and O–H groups in total. The predicted octanol–water partition coefficient (Wildman–Crippen LogP) is 2.89. The Balaban J connectivity index is 2.38. The molecule has 122 valence electrons. The normalized spacial score (nSPS) is 18.0. The van der Waals surface area contributed by atoms with Crippen molar-refractivity contribution in [3.05, 3.63) is 41.0 Å². The second-order valence-corrected chi connectivity index (χ2v) is 5.63. The fraction of sp³-hybridized carbons (Fsp3) is 0.529. The maximum absolute atomic E-state index is 10.4. The smallest absolute Gasteiger partial charge is 0.192 e. The minimum absolute atomic E-state index is 0.123. The van der Waals surface area contributed by atoms with Crippen molar-refractivity contribution >= 4 is 0 Å². The summed E-state index contributed by atoms with van der Waals surface area (Å²) in [7, 11) is 1.56. The van der Waals surface area contributed by atoms with Crippen LogP contribution in [0.5, 0.6) is 5.75 Å². The first-order chi connectivity index (χ1) is 10.5. The molecule has 1 heterocycles. The van der Waals surface area contributed by atoms with Crippen LogP contribution in [0, 0.1) is 0 Å². The highest BCUT2D eigenvalue weighted by molar-refractivity contribution is 5.42. The molecule has 0 saturated carbocycles. The highest BCUT2D eigenvalue weighted by atomic mass is 16.7. The lowest BCUT2D eigenvalue weighted by Gasteiger charge is -2.25. The largest absolute Gasteiger partial charge is 0.467 e. The second-order valence-electron chi connectivity index (χ2n) is 5.63. The van der Waals surface area contributed by atoms with Crippen molar-refractivity contribution in [2.24, 2.45) is 0 Å². The summed E-state index contributed by atoms with van der Waals surface area (Å²) in [5, 5.41) is 10.4. The van der Waals surface area contributed by atoms with Crippen molar-refractivity contribution in [2.45, 2.75) is 32.7 Å². The minimum atomic E-state index is -0.779. The van der Waals surface area contributed by atoms with Crippen LogP contribution in [0.15, 0.2) is 29.8 Å². The maximum atomic E-state index is 10.4. The second kappa shape index (κ2) is 7.24. The molecular formula is C17H24O5. The predicted molar refractivity (Wildman–Crippen MR) is 82.6 cm³/mol. The van der Waals surface area contributed by atoms with E-state index in [1.54, 1.807) is 13.2 Å². The molecule has 22 heavy (non-hydrogen) atoms. The summed E-state index contributed by atoms with van der Waals surface area (Å²) >= 11 is 0. The van der Waals surface area contributed by atoms with Crippen molar-refractivity contribution in [3.63, 3.8) is 0 Å². The molecule has 5 heteroatoms. The van der Waals surface area contributed by atoms with Gasteiger partial charge in [-0.25, -0.2) is 0 Å². The molecule has 1 aromatic carbocycles. The van der Waals surface area contributed by atoms with Crippen molar-refractivity contribution in [2.75, 3.05) is 27.1 Å². The Morgan fingerprint density at radius 2 is 2.05 bits per heavy atom. The van der Waals surface area contributed by atoms with Gasteiger partial charge in [-0.15, -0.1) is 0 Å². The summed E-state index contributed by atoms with van der Waals surface area (Å²) in [4.78, 5) is 0. The quantitative estimate of drug-likeness (QED) is 0.647. The topological polar surface area (TPSA) is 57.2 Å². The maximum Gasteiger partial charge on any atom is 0.192 e. The third kappa shape index (κ3) is 3.87. The SMILES string of the molecule is COCOc1ccc(C2(C)OCCO2)cc1C(O)C=C(C)C. The van der Waals surface area contributed by atoms with Crippen LogP contribution in [-0.4, -0.2) is 32.2 Å². The molecule has 1 aromatic rings. The van der Waals surface area contributed by atoms with Crippen LogP contribution < -0.4 is 4.74 Å². The van der Waals surface area contributed by atoms with E-state index in [-0.39, 0.29) is 6.79 Å². The van der Waals surface area contributed by atoms with Gasteiger partial charge in [0.25, 0.3) is 0 Å². The van der Waals surface area contributed by atoms with Gasteiger partial charge in [-0.3, -0.25) is 0 Å². The Hall–Kier alpha value is -1.40. The molecule has 0 amide bonds. The first-order valence-corrected chi connectivity index (χ1v) is 7.33. The van der Waals surface area contributed by atoms with E-state index in [0.717, 1.165) is 11.1 Å². The van der Waals surface area contributed by atoms with Crippen LogP contribution in [0.1, 0.15) is 38.0 Å². The third-order valence-electron chi connectivity index (χ3n) is 3.51. The van der Waals surface area contributed by atoms with Gasteiger partial charge in [-0.05, 0) is 39.0 Å². The number of hydrogen-bond donors (Lipinski definition) is 1. The first kappa shape index (κ1) is 17.0. The average Bonchev–Trinajstić information content (AvgIpc) is 2.92. The molecule has 0 spiro atoms. The van der Waals surface area contributed by atoms with Crippen LogP contribution >= 0.6 is 0 Å². The Morgan fingerprint density at radius 1 is 1.36 bits per heavy atom. The molecular weight excluding hydrogens is 284 g/mol. The van der Waals surface area contributed by atoms with Crippen molar-refractivity contribution in [3.8, 4) is 5.75 Å². The zero-order chi connectivity index (χ0) is 16.2. The number of aliphatic hydroxyl groups excluding tert-OH is 1. The summed E-state index contributed by atoms with van der Waals surface area (Å²) in [5.74, 6) is -0.198. The van der Waals surface area contributed by atoms with Crippen LogP contribution in [-0.2, 0) is 20.0 Å². The zero-order valence-electron chi connectivity index (χ0n) is 13.6. The molecule has 0 aromatic heterocycles. The molecule has 1 aliphatic heterocycles. The molecule has 0 bridgehead atoms. The lowest BCUT2D eigenvalue weighted by molar-refractivity contribution is -0.149. The van der Waals surface area contributed by atoms with Crippen LogP contribution in [0.3, 0.4) is 0 Å². The van der Waals surface area contributed by atoms with Gasteiger partial charge in [-0.2, -0.15) is 0 Å². The molecule has 1 unspecified atom stereocenters. The summed E-state index contributed by atoms with van der Waals surface area (Å²) in [6.07, 6.45) is 1.01. The molecule has 1 atom stereocenters. The van der Waals surface area contributed by atoms with Gasteiger partial charge >= 0.3 is 0 Å². The molecule has 2 rings (SSSR count). The van der Waals surface area contributed by atoms with Crippen molar-refractivity contribution in [1.82, 2.24) is 0 Å².